The second-order valence-corrected chi connectivity index (χ2v) is 15.2. The number of halogens is 1. The SMILES string of the molecule is Cc1ccc2[nH]c(=O)c(C#N)c(Cl)c2c1.Cc1ccc2[nH]c(=O)c(C#N)c(N3CCN(C(=O)c4cccs4)CC3)c2c1.O=C(c1cccs1)N1CCNCC1. The molecule has 15 heteroatoms. The molecule has 12 nitrogen and oxygen atoms in total. The van der Waals surface area contributed by atoms with E-state index < -0.39 is 5.56 Å². The molecule has 0 unspecified atom stereocenters. The molecule has 8 rings (SSSR count). The summed E-state index contributed by atoms with van der Waals surface area (Å²) in [6, 6.07) is 22.7. The minimum Gasteiger partial charge on any atom is -0.366 e. The van der Waals surface area contributed by atoms with Crippen LogP contribution in [0, 0.1) is 36.5 Å². The molecule has 2 amide bonds. The van der Waals surface area contributed by atoms with Gasteiger partial charge in [0.05, 0.1) is 26.0 Å². The van der Waals surface area contributed by atoms with E-state index in [9.17, 15) is 24.4 Å². The van der Waals surface area contributed by atoms with Crippen LogP contribution in [0.4, 0.5) is 5.69 Å². The molecule has 6 heterocycles. The maximum Gasteiger partial charge on any atom is 0.268 e. The number of carbonyl (C=O) groups is 2. The van der Waals surface area contributed by atoms with Crippen molar-refractivity contribution >= 4 is 73.6 Å². The summed E-state index contributed by atoms with van der Waals surface area (Å²) >= 11 is 8.93. The highest BCUT2D eigenvalue weighted by Crippen LogP contribution is 2.30. The molecule has 0 bridgehead atoms. The van der Waals surface area contributed by atoms with E-state index in [4.69, 9.17) is 16.9 Å². The molecule has 6 aromatic rings. The molecule has 4 aromatic heterocycles. The van der Waals surface area contributed by atoms with Crippen LogP contribution in [0.5, 0.6) is 0 Å². The fraction of sp³-hybridized carbons (Fsp3) is 0.250. The number of nitrogens with one attached hydrogen (secondary N) is 3. The summed E-state index contributed by atoms with van der Waals surface area (Å²) < 4.78 is 0. The van der Waals surface area contributed by atoms with E-state index in [0.717, 1.165) is 58.0 Å². The normalized spacial score (nSPS) is 13.9. The molecule has 3 N–H and O–H groups in total. The molecule has 55 heavy (non-hydrogen) atoms. The van der Waals surface area contributed by atoms with Crippen molar-refractivity contribution in [2.24, 2.45) is 0 Å². The lowest BCUT2D eigenvalue weighted by atomic mass is 10.1. The van der Waals surface area contributed by atoms with Gasteiger partial charge in [-0.05, 0) is 61.0 Å². The third-order valence-electron chi connectivity index (χ3n) is 9.22. The monoisotopic (exact) mass is 792 g/mol. The van der Waals surface area contributed by atoms with Gasteiger partial charge in [0.1, 0.15) is 23.3 Å². The van der Waals surface area contributed by atoms with E-state index in [-0.39, 0.29) is 33.5 Å². The summed E-state index contributed by atoms with van der Waals surface area (Å²) in [5.41, 5.74) is 3.40. The molecular weight excluding hydrogens is 756 g/mol. The minimum atomic E-state index is -0.446. The van der Waals surface area contributed by atoms with Crippen molar-refractivity contribution in [1.82, 2.24) is 25.1 Å². The van der Waals surface area contributed by atoms with Crippen LogP contribution in [0.3, 0.4) is 0 Å². The molecule has 2 aliphatic heterocycles. The van der Waals surface area contributed by atoms with Crippen LogP contribution < -0.4 is 21.3 Å². The molecular formula is C40H37ClN8O4S2. The Balaban J connectivity index is 0.000000155. The van der Waals surface area contributed by atoms with Crippen LogP contribution in [-0.2, 0) is 0 Å². The molecule has 2 aliphatic rings. The highest BCUT2D eigenvalue weighted by molar-refractivity contribution is 7.12. The number of benzene rings is 2. The van der Waals surface area contributed by atoms with Crippen molar-refractivity contribution in [3.8, 4) is 12.1 Å². The molecule has 0 atom stereocenters. The molecule has 0 spiro atoms. The van der Waals surface area contributed by atoms with Crippen LogP contribution in [-0.4, -0.2) is 83.9 Å². The van der Waals surface area contributed by atoms with Gasteiger partial charge in [-0.25, -0.2) is 0 Å². The minimum absolute atomic E-state index is 0.0326. The number of rotatable bonds is 3. The fourth-order valence-corrected chi connectivity index (χ4v) is 8.07. The fourth-order valence-electron chi connectivity index (χ4n) is 6.40. The van der Waals surface area contributed by atoms with Crippen molar-refractivity contribution in [1.29, 1.82) is 10.5 Å². The van der Waals surface area contributed by atoms with Crippen LogP contribution >= 0.6 is 34.3 Å². The number of nitrogens with zero attached hydrogens (tertiary/aromatic N) is 5. The first-order chi connectivity index (χ1) is 26.6. The number of aromatic nitrogens is 2. The molecule has 280 valence electrons. The number of amides is 2. The van der Waals surface area contributed by atoms with Crippen LogP contribution in [0.25, 0.3) is 21.8 Å². The number of piperazine rings is 2. The zero-order valence-electron chi connectivity index (χ0n) is 30.1. The average Bonchev–Trinajstić information content (AvgIpc) is 3.95. The van der Waals surface area contributed by atoms with Crippen LogP contribution in [0.2, 0.25) is 5.02 Å². The van der Waals surface area contributed by atoms with E-state index in [1.807, 2.05) is 93.9 Å². The lowest BCUT2D eigenvalue weighted by Gasteiger charge is -2.36. The number of fused-ring (bicyclic) bond motifs is 2. The molecule has 0 aliphatic carbocycles. The first-order valence-electron chi connectivity index (χ1n) is 17.5. The Morgan fingerprint density at radius 2 is 1.18 bits per heavy atom. The van der Waals surface area contributed by atoms with Gasteiger partial charge in [0.25, 0.3) is 22.9 Å². The van der Waals surface area contributed by atoms with Gasteiger partial charge in [-0.3, -0.25) is 19.2 Å². The largest absolute Gasteiger partial charge is 0.366 e. The predicted molar refractivity (Wildman–Crippen MR) is 219 cm³/mol. The number of nitriles is 2. The van der Waals surface area contributed by atoms with E-state index >= 15 is 0 Å². The van der Waals surface area contributed by atoms with Gasteiger partial charge in [0.15, 0.2) is 0 Å². The van der Waals surface area contributed by atoms with Crippen LogP contribution in [0.1, 0.15) is 41.6 Å². The van der Waals surface area contributed by atoms with Gasteiger partial charge < -0.3 is 30.0 Å². The number of aryl methyl sites for hydroxylation is 2. The molecule has 0 saturated carbocycles. The Morgan fingerprint density at radius 1 is 0.691 bits per heavy atom. The average molecular weight is 793 g/mol. The number of aromatic amines is 2. The van der Waals surface area contributed by atoms with Gasteiger partial charge >= 0.3 is 0 Å². The lowest BCUT2D eigenvalue weighted by molar-refractivity contribution is 0.0737. The van der Waals surface area contributed by atoms with Crippen molar-refractivity contribution < 1.29 is 9.59 Å². The Labute approximate surface area is 329 Å². The maximum atomic E-state index is 12.5. The second kappa shape index (κ2) is 17.6. The quantitative estimate of drug-likeness (QED) is 0.200. The van der Waals surface area contributed by atoms with Crippen molar-refractivity contribution in [2.45, 2.75) is 13.8 Å². The Hall–Kier alpha value is -5.77. The molecule has 2 aromatic carbocycles. The van der Waals surface area contributed by atoms with Crippen molar-refractivity contribution in [3.05, 3.63) is 129 Å². The summed E-state index contributed by atoms with van der Waals surface area (Å²) in [4.78, 5) is 60.9. The molecule has 2 fully saturated rings. The number of hydrogen-bond donors (Lipinski definition) is 3. The van der Waals surface area contributed by atoms with Gasteiger partial charge in [-0.1, -0.05) is 47.0 Å². The summed E-state index contributed by atoms with van der Waals surface area (Å²) in [7, 11) is 0. The van der Waals surface area contributed by atoms with E-state index in [0.29, 0.717) is 42.8 Å². The highest BCUT2D eigenvalue weighted by atomic mass is 35.5. The van der Waals surface area contributed by atoms with E-state index in [1.165, 1.54) is 22.7 Å². The number of anilines is 1. The topological polar surface area (TPSA) is 169 Å². The maximum absolute atomic E-state index is 12.5. The standard InChI is InChI=1S/C20H18N4O2S.C11H7ClN2O.C9H12N2OS/c1-13-4-5-16-14(11-13)18(15(12-21)19(25)22-16)23-6-8-24(9-7-23)20(26)17-3-2-10-27-17;1-6-2-3-9-7(4-6)10(12)8(5-13)11(15)14-9;12-9(8-2-1-7-13-8)11-5-3-10-4-6-11/h2-5,10-11H,6-9H2,1H3,(H,22,25);2-4H,1H3,(H,14,15);1-2,7,10H,3-6H2. The zero-order valence-corrected chi connectivity index (χ0v) is 32.5. The number of carbonyl (C=O) groups excluding carboxylic acids is 2. The first-order valence-corrected chi connectivity index (χ1v) is 19.6. The zero-order chi connectivity index (χ0) is 39.1. The van der Waals surface area contributed by atoms with E-state index in [1.54, 1.807) is 12.1 Å². The lowest BCUT2D eigenvalue weighted by Crippen LogP contribution is -2.49. The summed E-state index contributed by atoms with van der Waals surface area (Å²) in [6.45, 7) is 9.67. The Kier molecular flexibility index (Phi) is 12.4. The smallest absolute Gasteiger partial charge is 0.268 e. The van der Waals surface area contributed by atoms with Gasteiger partial charge in [0, 0.05) is 68.6 Å². The number of pyridine rings is 2. The number of thiophene rings is 2. The van der Waals surface area contributed by atoms with Gasteiger partial charge in [-0.2, -0.15) is 10.5 Å². The predicted octanol–water partition coefficient (Wildman–Crippen LogP) is 5.89. The van der Waals surface area contributed by atoms with Gasteiger partial charge in [-0.15, -0.1) is 22.7 Å². The Bertz CT molecular complexity index is 2540. The summed E-state index contributed by atoms with van der Waals surface area (Å²) in [6.07, 6.45) is 0. The van der Waals surface area contributed by atoms with E-state index in [2.05, 4.69) is 21.4 Å². The molecule has 2 saturated heterocycles. The van der Waals surface area contributed by atoms with Crippen molar-refractivity contribution in [3.63, 3.8) is 0 Å². The summed E-state index contributed by atoms with van der Waals surface area (Å²) in [5, 5.41) is 27.2. The molecule has 0 radical (unpaired) electrons. The third-order valence-corrected chi connectivity index (χ3v) is 11.3. The van der Waals surface area contributed by atoms with Gasteiger partial charge in [0.2, 0.25) is 0 Å². The number of H-pyrrole nitrogens is 2. The Morgan fingerprint density at radius 3 is 1.69 bits per heavy atom. The second-order valence-electron chi connectivity index (χ2n) is 12.9. The third kappa shape index (κ3) is 8.80. The summed E-state index contributed by atoms with van der Waals surface area (Å²) in [5.74, 6) is 0.216. The highest BCUT2D eigenvalue weighted by Gasteiger charge is 2.26. The first kappa shape index (κ1) is 38.9. The number of hydrogen-bond acceptors (Lipinski definition) is 10. The van der Waals surface area contributed by atoms with Crippen LogP contribution in [0.15, 0.2) is 81.0 Å². The van der Waals surface area contributed by atoms with Crippen molar-refractivity contribution in [2.75, 3.05) is 57.3 Å².